The quantitative estimate of drug-likeness (QED) is 0.521. The summed E-state index contributed by atoms with van der Waals surface area (Å²) in [5.74, 6) is 0.779. The molecule has 100 valence electrons. The van der Waals surface area contributed by atoms with Gasteiger partial charge in [-0.2, -0.15) is 0 Å². The van der Waals surface area contributed by atoms with Crippen LogP contribution in [0.4, 0.5) is 5.69 Å². The minimum absolute atomic E-state index is 0.779. The molecule has 0 radical (unpaired) electrons. The molecule has 1 heterocycles. The maximum Gasteiger partial charge on any atom is 0.188 e. The second-order valence-electron chi connectivity index (χ2n) is 4.43. The molecule has 0 spiro atoms. The Morgan fingerprint density at radius 2 is 1.79 bits per heavy atom. The van der Waals surface area contributed by atoms with Crippen molar-refractivity contribution in [3.63, 3.8) is 0 Å². The summed E-state index contributed by atoms with van der Waals surface area (Å²) in [6.07, 6.45) is 0. The first-order valence-electron chi connectivity index (χ1n) is 5.96. The summed E-state index contributed by atoms with van der Waals surface area (Å²) in [7, 11) is 0. The Kier molecular flexibility index (Phi) is 4.47. The van der Waals surface area contributed by atoms with Crippen molar-refractivity contribution in [2.24, 2.45) is 0 Å². The second kappa shape index (κ2) is 5.92. The molecule has 0 unspecified atom stereocenters. The average Bonchev–Trinajstić information content (AvgIpc) is 2.34. The molecule has 1 aromatic heterocycles. The molecule has 3 nitrogen and oxygen atoms in total. The van der Waals surface area contributed by atoms with Gasteiger partial charge < -0.3 is 5.73 Å². The first kappa shape index (κ1) is 14.3. The zero-order chi connectivity index (χ0) is 14.0. The Bertz CT molecular complexity index is 591. The first-order chi connectivity index (χ1) is 8.97. The van der Waals surface area contributed by atoms with E-state index >= 15 is 0 Å². The van der Waals surface area contributed by atoms with Gasteiger partial charge in [0.05, 0.1) is 0 Å². The summed E-state index contributed by atoms with van der Waals surface area (Å²) in [4.78, 5) is 9.00. The highest BCUT2D eigenvalue weighted by Crippen LogP contribution is 2.26. The Labute approximate surface area is 126 Å². The first-order valence-corrected chi connectivity index (χ1v) is 7.74. The van der Waals surface area contributed by atoms with Crippen LogP contribution in [0.1, 0.15) is 22.5 Å². The van der Waals surface area contributed by atoms with Crippen molar-refractivity contribution in [1.29, 1.82) is 0 Å². The van der Waals surface area contributed by atoms with Gasteiger partial charge in [0.25, 0.3) is 0 Å². The molecule has 0 aliphatic rings. The number of anilines is 1. The number of thioether (sulfide) groups is 1. The van der Waals surface area contributed by atoms with Crippen LogP contribution in [0.15, 0.2) is 27.8 Å². The van der Waals surface area contributed by atoms with Crippen LogP contribution in [-0.4, -0.2) is 9.97 Å². The number of hydrogen-bond acceptors (Lipinski definition) is 4. The summed E-state index contributed by atoms with van der Waals surface area (Å²) in [5, 5.41) is 0.808. The fourth-order valence-corrected chi connectivity index (χ4v) is 2.97. The van der Waals surface area contributed by atoms with E-state index in [1.165, 1.54) is 0 Å². The topological polar surface area (TPSA) is 51.8 Å². The van der Waals surface area contributed by atoms with E-state index in [1.54, 1.807) is 11.8 Å². The van der Waals surface area contributed by atoms with Crippen LogP contribution >= 0.6 is 27.7 Å². The van der Waals surface area contributed by atoms with Crippen molar-refractivity contribution in [3.05, 3.63) is 45.2 Å². The number of nitrogen functional groups attached to an aromatic ring is 1. The number of aryl methyl sites for hydroxylation is 2. The molecule has 5 heteroatoms. The molecule has 0 fully saturated rings. The number of halogens is 1. The lowest BCUT2D eigenvalue weighted by molar-refractivity contribution is 0.880. The standard InChI is InChI=1S/C14H16BrN3S/c1-8-9(2)17-14(18-10(8)3)19-7-11-4-5-12(15)6-13(11)16/h4-6H,7,16H2,1-3H3. The van der Waals surface area contributed by atoms with Crippen molar-refractivity contribution in [2.45, 2.75) is 31.7 Å². The van der Waals surface area contributed by atoms with Crippen LogP contribution < -0.4 is 5.73 Å². The third-order valence-electron chi connectivity index (χ3n) is 3.08. The van der Waals surface area contributed by atoms with E-state index in [4.69, 9.17) is 5.73 Å². The van der Waals surface area contributed by atoms with Gasteiger partial charge in [-0.05, 0) is 44.0 Å². The second-order valence-corrected chi connectivity index (χ2v) is 6.29. The zero-order valence-corrected chi connectivity index (χ0v) is 13.6. The van der Waals surface area contributed by atoms with Gasteiger partial charge in [0, 0.05) is 27.3 Å². The third-order valence-corrected chi connectivity index (χ3v) is 4.47. The molecule has 0 saturated heterocycles. The van der Waals surface area contributed by atoms with Crippen LogP contribution in [0.25, 0.3) is 0 Å². The number of benzene rings is 1. The lowest BCUT2D eigenvalue weighted by atomic mass is 10.2. The molecule has 2 aromatic rings. The molecule has 2 N–H and O–H groups in total. The fraction of sp³-hybridized carbons (Fsp3) is 0.286. The van der Waals surface area contributed by atoms with Crippen LogP contribution in [-0.2, 0) is 5.75 Å². The normalized spacial score (nSPS) is 10.7. The molecule has 0 saturated carbocycles. The van der Waals surface area contributed by atoms with Gasteiger partial charge in [0.15, 0.2) is 5.16 Å². The number of hydrogen-bond donors (Lipinski definition) is 1. The van der Waals surface area contributed by atoms with Gasteiger partial charge in [0.2, 0.25) is 0 Å². The van der Waals surface area contributed by atoms with Crippen molar-refractivity contribution in [1.82, 2.24) is 9.97 Å². The SMILES string of the molecule is Cc1nc(SCc2ccc(Br)cc2N)nc(C)c1C. The molecular formula is C14H16BrN3S. The van der Waals surface area contributed by atoms with Crippen molar-refractivity contribution in [3.8, 4) is 0 Å². The van der Waals surface area contributed by atoms with Gasteiger partial charge in [-0.25, -0.2) is 9.97 Å². The Hall–Kier alpha value is -1.07. The lowest BCUT2D eigenvalue weighted by Crippen LogP contribution is -1.99. The number of aromatic nitrogens is 2. The molecule has 19 heavy (non-hydrogen) atoms. The zero-order valence-electron chi connectivity index (χ0n) is 11.2. The minimum atomic E-state index is 0.779. The molecule has 1 aromatic carbocycles. The molecule has 2 rings (SSSR count). The summed E-state index contributed by atoms with van der Waals surface area (Å²) < 4.78 is 0.997. The summed E-state index contributed by atoms with van der Waals surface area (Å²) in [6.45, 7) is 6.08. The van der Waals surface area contributed by atoms with Crippen LogP contribution in [0.5, 0.6) is 0 Å². The van der Waals surface area contributed by atoms with Crippen molar-refractivity contribution in [2.75, 3.05) is 5.73 Å². The van der Waals surface area contributed by atoms with E-state index in [2.05, 4.69) is 25.9 Å². The lowest BCUT2D eigenvalue weighted by Gasteiger charge is -2.08. The maximum atomic E-state index is 5.99. The Morgan fingerprint density at radius 1 is 1.16 bits per heavy atom. The smallest absolute Gasteiger partial charge is 0.188 e. The van der Waals surface area contributed by atoms with E-state index in [-0.39, 0.29) is 0 Å². The average molecular weight is 338 g/mol. The fourth-order valence-electron chi connectivity index (χ4n) is 1.65. The highest BCUT2D eigenvalue weighted by molar-refractivity contribution is 9.10. The molecule has 0 aliphatic carbocycles. The monoisotopic (exact) mass is 337 g/mol. The summed E-state index contributed by atoms with van der Waals surface area (Å²) >= 11 is 5.02. The van der Waals surface area contributed by atoms with Gasteiger partial charge in [-0.1, -0.05) is 33.8 Å². The third kappa shape index (κ3) is 3.48. The van der Waals surface area contributed by atoms with Gasteiger partial charge in [0.1, 0.15) is 0 Å². The van der Waals surface area contributed by atoms with E-state index in [1.807, 2.05) is 39.0 Å². The van der Waals surface area contributed by atoms with Crippen LogP contribution in [0, 0.1) is 20.8 Å². The predicted octanol–water partition coefficient (Wildman–Crippen LogP) is 4.04. The molecule has 0 atom stereocenters. The Morgan fingerprint density at radius 3 is 2.37 bits per heavy atom. The molecule has 0 bridgehead atoms. The Balaban J connectivity index is 2.14. The predicted molar refractivity (Wildman–Crippen MR) is 84.4 cm³/mol. The maximum absolute atomic E-state index is 5.99. The van der Waals surface area contributed by atoms with E-state index in [9.17, 15) is 0 Å². The van der Waals surface area contributed by atoms with E-state index in [0.717, 1.165) is 43.6 Å². The minimum Gasteiger partial charge on any atom is -0.398 e. The largest absolute Gasteiger partial charge is 0.398 e. The van der Waals surface area contributed by atoms with Crippen LogP contribution in [0.3, 0.4) is 0 Å². The highest BCUT2D eigenvalue weighted by atomic mass is 79.9. The van der Waals surface area contributed by atoms with Gasteiger partial charge in [-0.15, -0.1) is 0 Å². The van der Waals surface area contributed by atoms with Crippen molar-refractivity contribution >= 4 is 33.4 Å². The van der Waals surface area contributed by atoms with Gasteiger partial charge >= 0.3 is 0 Å². The summed E-state index contributed by atoms with van der Waals surface area (Å²) in [5.41, 5.74) is 11.1. The molecule has 0 aliphatic heterocycles. The van der Waals surface area contributed by atoms with E-state index in [0.29, 0.717) is 0 Å². The van der Waals surface area contributed by atoms with Gasteiger partial charge in [-0.3, -0.25) is 0 Å². The number of rotatable bonds is 3. The van der Waals surface area contributed by atoms with E-state index < -0.39 is 0 Å². The summed E-state index contributed by atoms with van der Waals surface area (Å²) in [6, 6.07) is 5.95. The molecule has 0 amide bonds. The number of nitrogens with two attached hydrogens (primary N) is 1. The molecular weight excluding hydrogens is 322 g/mol. The van der Waals surface area contributed by atoms with Crippen molar-refractivity contribution < 1.29 is 0 Å². The highest BCUT2D eigenvalue weighted by Gasteiger charge is 2.07. The van der Waals surface area contributed by atoms with Crippen LogP contribution in [0.2, 0.25) is 0 Å². The number of nitrogens with zero attached hydrogens (tertiary/aromatic N) is 2.